The average molecular weight is 401 g/mol. The number of halogens is 4. The van der Waals surface area contributed by atoms with E-state index in [9.17, 15) is 21.6 Å². The fraction of sp³-hybridized carbons (Fsp3) is 0.118. The van der Waals surface area contributed by atoms with Crippen LogP contribution in [0, 0.1) is 0 Å². The van der Waals surface area contributed by atoms with Crippen LogP contribution in [0.5, 0.6) is 0 Å². The first kappa shape index (κ1) is 18.5. The van der Waals surface area contributed by atoms with E-state index >= 15 is 0 Å². The molecule has 1 heterocycles. The van der Waals surface area contributed by atoms with Crippen LogP contribution in [0.3, 0.4) is 0 Å². The molecule has 0 fully saturated rings. The number of sulfone groups is 1. The SMILES string of the molecule is O=S(=O)(c1ccc(Cn2cccn2)cc1)c1ccc(Cl)cc1C(F)(F)F. The summed E-state index contributed by atoms with van der Waals surface area (Å²) in [4.78, 5) is -1.05. The lowest BCUT2D eigenvalue weighted by molar-refractivity contribution is -0.139. The van der Waals surface area contributed by atoms with Crippen LogP contribution in [-0.2, 0) is 22.6 Å². The predicted octanol–water partition coefficient (Wildman–Crippen LogP) is 4.44. The number of hydrogen-bond donors (Lipinski definition) is 0. The summed E-state index contributed by atoms with van der Waals surface area (Å²) in [5.74, 6) is 0. The molecule has 0 bridgehead atoms. The summed E-state index contributed by atoms with van der Waals surface area (Å²) < 4.78 is 66.7. The highest BCUT2D eigenvalue weighted by Crippen LogP contribution is 2.37. The number of rotatable bonds is 4. The molecule has 0 unspecified atom stereocenters. The molecule has 0 aliphatic carbocycles. The fourth-order valence-electron chi connectivity index (χ4n) is 2.44. The van der Waals surface area contributed by atoms with Crippen molar-refractivity contribution in [1.82, 2.24) is 9.78 Å². The van der Waals surface area contributed by atoms with Crippen LogP contribution in [0.25, 0.3) is 0 Å². The Morgan fingerprint density at radius 2 is 1.77 bits per heavy atom. The molecule has 0 amide bonds. The zero-order valence-corrected chi connectivity index (χ0v) is 14.7. The van der Waals surface area contributed by atoms with Crippen molar-refractivity contribution in [2.75, 3.05) is 0 Å². The number of hydrogen-bond acceptors (Lipinski definition) is 3. The van der Waals surface area contributed by atoms with Crippen molar-refractivity contribution in [3.8, 4) is 0 Å². The van der Waals surface area contributed by atoms with Gasteiger partial charge in [-0.15, -0.1) is 0 Å². The first-order chi connectivity index (χ1) is 12.2. The third kappa shape index (κ3) is 3.76. The highest BCUT2D eigenvalue weighted by atomic mass is 35.5. The zero-order chi connectivity index (χ0) is 18.9. The molecule has 3 aromatic rings. The van der Waals surface area contributed by atoms with E-state index in [1.54, 1.807) is 23.1 Å². The lowest BCUT2D eigenvalue weighted by atomic mass is 10.2. The van der Waals surface area contributed by atoms with Crippen LogP contribution in [-0.4, -0.2) is 18.2 Å². The molecule has 2 aromatic carbocycles. The Morgan fingerprint density at radius 3 is 2.35 bits per heavy atom. The third-order valence-electron chi connectivity index (χ3n) is 3.67. The van der Waals surface area contributed by atoms with Gasteiger partial charge in [-0.1, -0.05) is 23.7 Å². The van der Waals surface area contributed by atoms with Gasteiger partial charge in [0.2, 0.25) is 9.84 Å². The van der Waals surface area contributed by atoms with Gasteiger partial charge >= 0.3 is 6.18 Å². The molecule has 0 atom stereocenters. The quantitative estimate of drug-likeness (QED) is 0.650. The van der Waals surface area contributed by atoms with Gasteiger partial charge in [0.15, 0.2) is 0 Å². The van der Waals surface area contributed by atoms with E-state index in [0.29, 0.717) is 12.6 Å². The van der Waals surface area contributed by atoms with Crippen LogP contribution in [0.1, 0.15) is 11.1 Å². The summed E-state index contributed by atoms with van der Waals surface area (Å²) in [5, 5.41) is 3.85. The first-order valence-electron chi connectivity index (χ1n) is 7.36. The summed E-state index contributed by atoms with van der Waals surface area (Å²) in [7, 11) is -4.35. The van der Waals surface area contributed by atoms with Gasteiger partial charge in [-0.25, -0.2) is 8.42 Å². The number of benzene rings is 2. The molecule has 0 aliphatic rings. The monoisotopic (exact) mass is 400 g/mol. The van der Waals surface area contributed by atoms with E-state index in [1.807, 2.05) is 0 Å². The normalized spacial score (nSPS) is 12.3. The summed E-state index contributed by atoms with van der Waals surface area (Å²) in [6.07, 6.45) is -1.49. The van der Waals surface area contributed by atoms with Crippen LogP contribution in [0.4, 0.5) is 13.2 Å². The molecule has 0 saturated heterocycles. The van der Waals surface area contributed by atoms with Gasteiger partial charge in [0.25, 0.3) is 0 Å². The van der Waals surface area contributed by atoms with Crippen molar-refractivity contribution in [2.45, 2.75) is 22.5 Å². The van der Waals surface area contributed by atoms with E-state index < -0.39 is 26.5 Å². The molecule has 3 rings (SSSR count). The lowest BCUT2D eigenvalue weighted by Gasteiger charge is -2.14. The van der Waals surface area contributed by atoms with Crippen LogP contribution in [0.2, 0.25) is 5.02 Å². The van der Waals surface area contributed by atoms with Crippen molar-refractivity contribution in [2.24, 2.45) is 0 Å². The second-order valence-corrected chi connectivity index (χ2v) is 7.84. The minimum atomic E-state index is -4.84. The molecule has 9 heteroatoms. The minimum absolute atomic E-state index is 0.189. The Bertz CT molecular complexity index is 1020. The van der Waals surface area contributed by atoms with Crippen LogP contribution < -0.4 is 0 Å². The number of aromatic nitrogens is 2. The molecule has 0 saturated carbocycles. The van der Waals surface area contributed by atoms with Gasteiger partial charge < -0.3 is 0 Å². The van der Waals surface area contributed by atoms with Gasteiger partial charge in [-0.05, 0) is 42.0 Å². The smallest absolute Gasteiger partial charge is 0.268 e. The summed E-state index contributed by atoms with van der Waals surface area (Å²) in [5.41, 5.74) is -0.523. The maximum atomic E-state index is 13.2. The summed E-state index contributed by atoms with van der Waals surface area (Å²) in [6, 6.07) is 9.99. The summed E-state index contributed by atoms with van der Waals surface area (Å²) in [6.45, 7) is 0.419. The number of alkyl halides is 3. The zero-order valence-electron chi connectivity index (χ0n) is 13.1. The molecule has 0 N–H and O–H groups in total. The van der Waals surface area contributed by atoms with Crippen LogP contribution in [0.15, 0.2) is 70.7 Å². The molecular formula is C17H12ClF3N2O2S. The highest BCUT2D eigenvalue weighted by Gasteiger charge is 2.37. The van der Waals surface area contributed by atoms with Gasteiger partial charge in [0, 0.05) is 17.4 Å². The Labute approximate surface area is 152 Å². The molecule has 136 valence electrons. The first-order valence-corrected chi connectivity index (χ1v) is 9.22. The number of nitrogens with zero attached hydrogens (tertiary/aromatic N) is 2. The second kappa shape index (κ2) is 6.77. The molecule has 26 heavy (non-hydrogen) atoms. The van der Waals surface area contributed by atoms with E-state index in [-0.39, 0.29) is 9.92 Å². The fourth-order valence-corrected chi connectivity index (χ4v) is 4.07. The summed E-state index contributed by atoms with van der Waals surface area (Å²) >= 11 is 5.60. The van der Waals surface area contributed by atoms with Gasteiger partial charge in [-0.3, -0.25) is 4.68 Å². The molecular weight excluding hydrogens is 389 g/mol. The maximum absolute atomic E-state index is 13.2. The van der Waals surface area contributed by atoms with Crippen LogP contribution >= 0.6 is 11.6 Å². The van der Waals surface area contributed by atoms with Gasteiger partial charge in [0.1, 0.15) is 0 Å². The Hall–Kier alpha value is -2.32. The molecule has 0 spiro atoms. The van der Waals surface area contributed by atoms with Crippen molar-refractivity contribution in [3.05, 3.63) is 77.1 Å². The Kier molecular flexibility index (Phi) is 4.81. The van der Waals surface area contributed by atoms with E-state index in [2.05, 4.69) is 5.10 Å². The third-order valence-corrected chi connectivity index (χ3v) is 5.74. The van der Waals surface area contributed by atoms with Gasteiger partial charge in [0.05, 0.1) is 21.9 Å². The van der Waals surface area contributed by atoms with Crippen molar-refractivity contribution in [3.63, 3.8) is 0 Å². The van der Waals surface area contributed by atoms with E-state index in [4.69, 9.17) is 11.6 Å². The van der Waals surface area contributed by atoms with Crippen molar-refractivity contribution >= 4 is 21.4 Å². The Morgan fingerprint density at radius 1 is 1.08 bits per heavy atom. The predicted molar refractivity (Wildman–Crippen MR) is 89.7 cm³/mol. The maximum Gasteiger partial charge on any atom is 0.417 e. The Balaban J connectivity index is 1.99. The van der Waals surface area contributed by atoms with E-state index in [0.717, 1.165) is 17.7 Å². The molecule has 1 aromatic heterocycles. The molecule has 0 radical (unpaired) electrons. The standard InChI is InChI=1S/C17H12ClF3N2O2S/c18-13-4-7-16(15(10-13)17(19,20)21)26(24,25)14-5-2-12(3-6-14)11-23-9-1-8-22-23/h1-10H,11H2. The highest BCUT2D eigenvalue weighted by molar-refractivity contribution is 7.91. The average Bonchev–Trinajstić information content (AvgIpc) is 3.07. The second-order valence-electron chi connectivity index (χ2n) is 5.49. The van der Waals surface area contributed by atoms with Crippen molar-refractivity contribution in [1.29, 1.82) is 0 Å². The largest absolute Gasteiger partial charge is 0.417 e. The van der Waals surface area contributed by atoms with E-state index in [1.165, 1.54) is 24.3 Å². The minimum Gasteiger partial charge on any atom is -0.268 e. The topological polar surface area (TPSA) is 52.0 Å². The van der Waals surface area contributed by atoms with Crippen molar-refractivity contribution < 1.29 is 21.6 Å². The molecule has 0 aliphatic heterocycles. The molecule has 4 nitrogen and oxygen atoms in total. The van der Waals surface area contributed by atoms with Gasteiger partial charge in [-0.2, -0.15) is 18.3 Å². The lowest BCUT2D eigenvalue weighted by Crippen LogP contribution is -2.13.